The van der Waals surface area contributed by atoms with E-state index in [9.17, 15) is 13.5 Å². The van der Waals surface area contributed by atoms with Gasteiger partial charge < -0.3 is 5.11 Å². The number of benzene rings is 1. The van der Waals surface area contributed by atoms with Crippen LogP contribution in [0, 0.1) is 0 Å². The van der Waals surface area contributed by atoms with Gasteiger partial charge in [-0.2, -0.15) is 0 Å². The van der Waals surface area contributed by atoms with Crippen molar-refractivity contribution in [2.45, 2.75) is 25.4 Å². The van der Waals surface area contributed by atoms with Crippen LogP contribution in [0.3, 0.4) is 0 Å². The van der Waals surface area contributed by atoms with Crippen LogP contribution in [0.15, 0.2) is 28.7 Å². The third kappa shape index (κ3) is 6.81. The maximum atomic E-state index is 10.9. The molecule has 1 aromatic carbocycles. The molecule has 0 aromatic heterocycles. The summed E-state index contributed by atoms with van der Waals surface area (Å²) >= 11 is 3.35. The predicted molar refractivity (Wildman–Crippen MR) is 72.8 cm³/mol. The van der Waals surface area contributed by atoms with Crippen molar-refractivity contribution in [2.75, 3.05) is 12.0 Å². The van der Waals surface area contributed by atoms with E-state index in [1.54, 1.807) is 0 Å². The Balaban J connectivity index is 2.34. The number of aliphatic hydroxyl groups excluding tert-OH is 1. The van der Waals surface area contributed by atoms with Gasteiger partial charge in [0.1, 0.15) is 9.84 Å². The maximum absolute atomic E-state index is 10.9. The summed E-state index contributed by atoms with van der Waals surface area (Å²) in [6.45, 7) is 0. The molecule has 0 aliphatic carbocycles. The van der Waals surface area contributed by atoms with Crippen LogP contribution in [0.4, 0.5) is 0 Å². The molecule has 96 valence electrons. The number of aliphatic hydroxyl groups is 1. The first-order valence-corrected chi connectivity index (χ1v) is 8.32. The fourth-order valence-electron chi connectivity index (χ4n) is 1.58. The van der Waals surface area contributed by atoms with Crippen molar-refractivity contribution in [3.63, 3.8) is 0 Å². The lowest BCUT2D eigenvalue weighted by Crippen LogP contribution is -2.13. The average Bonchev–Trinajstić information content (AvgIpc) is 2.19. The van der Waals surface area contributed by atoms with Gasteiger partial charge in [0.25, 0.3) is 0 Å². The number of halogens is 1. The second kappa shape index (κ2) is 6.52. The van der Waals surface area contributed by atoms with Gasteiger partial charge in [-0.15, -0.1) is 0 Å². The third-order valence-corrected chi connectivity index (χ3v) is 4.00. The van der Waals surface area contributed by atoms with Gasteiger partial charge in [0.15, 0.2) is 0 Å². The number of sulfone groups is 1. The van der Waals surface area contributed by atoms with Crippen LogP contribution >= 0.6 is 15.9 Å². The van der Waals surface area contributed by atoms with Gasteiger partial charge in [-0.1, -0.05) is 28.1 Å². The molecule has 1 N–H and O–H groups in total. The van der Waals surface area contributed by atoms with Crippen molar-refractivity contribution in [3.8, 4) is 0 Å². The Morgan fingerprint density at radius 3 is 2.41 bits per heavy atom. The van der Waals surface area contributed by atoms with Crippen molar-refractivity contribution >= 4 is 25.8 Å². The standard InChI is InChI=1S/C12H17BrO3S/c1-17(15,16)8-2-3-12(14)9-10-4-6-11(13)7-5-10/h4-7,12,14H,2-3,8-9H2,1H3. The molecule has 1 atom stereocenters. The molecule has 0 radical (unpaired) electrons. The largest absolute Gasteiger partial charge is 0.393 e. The van der Waals surface area contributed by atoms with E-state index in [1.807, 2.05) is 24.3 Å². The van der Waals surface area contributed by atoms with Crippen LogP contribution < -0.4 is 0 Å². The SMILES string of the molecule is CS(=O)(=O)CCCC(O)Cc1ccc(Br)cc1. The van der Waals surface area contributed by atoms with Crippen molar-refractivity contribution in [3.05, 3.63) is 34.3 Å². The fraction of sp³-hybridized carbons (Fsp3) is 0.500. The summed E-state index contributed by atoms with van der Waals surface area (Å²) in [7, 11) is -2.92. The van der Waals surface area contributed by atoms with Crippen LogP contribution in [0.5, 0.6) is 0 Å². The molecular weight excluding hydrogens is 304 g/mol. The molecule has 3 nitrogen and oxygen atoms in total. The van der Waals surface area contributed by atoms with Crippen LogP contribution in [-0.4, -0.2) is 31.6 Å². The molecule has 0 bridgehead atoms. The van der Waals surface area contributed by atoms with Gasteiger partial charge in [0.05, 0.1) is 6.10 Å². The Kier molecular flexibility index (Phi) is 5.62. The third-order valence-electron chi connectivity index (χ3n) is 2.44. The van der Waals surface area contributed by atoms with E-state index < -0.39 is 15.9 Å². The second-order valence-electron chi connectivity index (χ2n) is 4.26. The average molecular weight is 321 g/mol. The molecule has 1 unspecified atom stereocenters. The first-order valence-electron chi connectivity index (χ1n) is 5.47. The van der Waals surface area contributed by atoms with E-state index in [2.05, 4.69) is 15.9 Å². The van der Waals surface area contributed by atoms with E-state index in [4.69, 9.17) is 0 Å². The fourth-order valence-corrected chi connectivity index (χ4v) is 2.53. The molecule has 0 aliphatic heterocycles. The molecule has 0 amide bonds. The summed E-state index contributed by atoms with van der Waals surface area (Å²) in [6, 6.07) is 7.75. The van der Waals surface area contributed by atoms with E-state index >= 15 is 0 Å². The van der Waals surface area contributed by atoms with Crippen molar-refractivity contribution in [2.24, 2.45) is 0 Å². The molecular formula is C12H17BrO3S. The quantitative estimate of drug-likeness (QED) is 0.874. The Bertz CT molecular complexity index is 439. The van der Waals surface area contributed by atoms with Crippen LogP contribution in [0.25, 0.3) is 0 Å². The molecule has 1 rings (SSSR count). The highest BCUT2D eigenvalue weighted by Gasteiger charge is 2.08. The zero-order chi connectivity index (χ0) is 12.9. The summed E-state index contributed by atoms with van der Waals surface area (Å²) in [6.07, 6.45) is 2.34. The van der Waals surface area contributed by atoms with Gasteiger partial charge in [0.2, 0.25) is 0 Å². The molecule has 0 fully saturated rings. The molecule has 0 saturated heterocycles. The van der Waals surface area contributed by atoms with Crippen LogP contribution in [0.1, 0.15) is 18.4 Å². The van der Waals surface area contributed by atoms with E-state index in [0.29, 0.717) is 19.3 Å². The number of hydrogen-bond donors (Lipinski definition) is 1. The lowest BCUT2D eigenvalue weighted by atomic mass is 10.1. The summed E-state index contributed by atoms with van der Waals surface area (Å²) in [5, 5.41) is 9.76. The van der Waals surface area contributed by atoms with Gasteiger partial charge >= 0.3 is 0 Å². The Labute approximate surface area is 111 Å². The first kappa shape index (κ1) is 14.7. The van der Waals surface area contributed by atoms with E-state index in [-0.39, 0.29) is 5.75 Å². The molecule has 17 heavy (non-hydrogen) atoms. The Hall–Kier alpha value is -0.390. The van der Waals surface area contributed by atoms with Crippen LogP contribution in [-0.2, 0) is 16.3 Å². The number of rotatable bonds is 6. The lowest BCUT2D eigenvalue weighted by Gasteiger charge is -2.10. The highest BCUT2D eigenvalue weighted by Crippen LogP contribution is 2.13. The monoisotopic (exact) mass is 320 g/mol. The molecule has 0 spiro atoms. The van der Waals surface area contributed by atoms with Gasteiger partial charge in [-0.3, -0.25) is 0 Å². The van der Waals surface area contributed by atoms with Gasteiger partial charge in [0, 0.05) is 16.5 Å². The topological polar surface area (TPSA) is 54.4 Å². The van der Waals surface area contributed by atoms with Gasteiger partial charge in [-0.05, 0) is 37.0 Å². The molecule has 1 aromatic rings. The molecule has 0 aliphatic rings. The van der Waals surface area contributed by atoms with E-state index in [0.717, 1.165) is 10.0 Å². The zero-order valence-electron chi connectivity index (χ0n) is 9.77. The van der Waals surface area contributed by atoms with Crippen LogP contribution in [0.2, 0.25) is 0 Å². The summed E-state index contributed by atoms with van der Waals surface area (Å²) in [5.74, 6) is 0.143. The number of hydrogen-bond acceptors (Lipinski definition) is 3. The summed E-state index contributed by atoms with van der Waals surface area (Å²) in [5.41, 5.74) is 1.06. The normalized spacial score (nSPS) is 13.6. The highest BCUT2D eigenvalue weighted by molar-refractivity contribution is 9.10. The highest BCUT2D eigenvalue weighted by atomic mass is 79.9. The molecule has 0 heterocycles. The Morgan fingerprint density at radius 1 is 1.29 bits per heavy atom. The van der Waals surface area contributed by atoms with Crippen molar-refractivity contribution in [1.82, 2.24) is 0 Å². The molecule has 0 saturated carbocycles. The lowest BCUT2D eigenvalue weighted by molar-refractivity contribution is 0.164. The second-order valence-corrected chi connectivity index (χ2v) is 7.43. The van der Waals surface area contributed by atoms with E-state index in [1.165, 1.54) is 6.26 Å². The molecule has 5 heteroatoms. The minimum absolute atomic E-state index is 0.143. The Morgan fingerprint density at radius 2 is 1.88 bits per heavy atom. The minimum Gasteiger partial charge on any atom is -0.393 e. The van der Waals surface area contributed by atoms with Crippen molar-refractivity contribution < 1.29 is 13.5 Å². The predicted octanol–water partition coefficient (Wildman–Crippen LogP) is 2.18. The minimum atomic E-state index is -2.92. The maximum Gasteiger partial charge on any atom is 0.147 e. The zero-order valence-corrected chi connectivity index (χ0v) is 12.2. The van der Waals surface area contributed by atoms with Gasteiger partial charge in [-0.25, -0.2) is 8.42 Å². The summed E-state index contributed by atoms with van der Waals surface area (Å²) < 4.78 is 22.9. The smallest absolute Gasteiger partial charge is 0.147 e. The first-order chi connectivity index (χ1) is 7.87. The summed E-state index contributed by atoms with van der Waals surface area (Å²) in [4.78, 5) is 0. The van der Waals surface area contributed by atoms with Crippen molar-refractivity contribution in [1.29, 1.82) is 0 Å².